The molecule has 3 aromatic carbocycles. The van der Waals surface area contributed by atoms with Crippen molar-refractivity contribution in [2.45, 2.75) is 25.3 Å². The van der Waals surface area contributed by atoms with Crippen LogP contribution in [0.5, 0.6) is 11.5 Å². The molecule has 0 amide bonds. The Hall–Kier alpha value is -2.98. The van der Waals surface area contributed by atoms with E-state index >= 15 is 0 Å². The minimum atomic E-state index is -0.140. The van der Waals surface area contributed by atoms with Crippen LogP contribution in [0.4, 0.5) is 0 Å². The molecule has 0 saturated heterocycles. The second-order valence-electron chi connectivity index (χ2n) is 8.25. The molecule has 0 N–H and O–H groups in total. The Morgan fingerprint density at radius 3 is 2.35 bits per heavy atom. The van der Waals surface area contributed by atoms with E-state index in [1.807, 2.05) is 72.8 Å². The number of rotatable bonds is 8. The number of allylic oxidation sites excluding steroid dienone is 1. The summed E-state index contributed by atoms with van der Waals surface area (Å²) in [5, 5.41) is 2.08. The third kappa shape index (κ3) is 5.39. The molecular weight excluding hydrogens is 404 g/mol. The van der Waals surface area contributed by atoms with E-state index in [0.29, 0.717) is 0 Å². The second-order valence-corrected chi connectivity index (χ2v) is 9.23. The average molecular weight is 431 g/mol. The van der Waals surface area contributed by atoms with Crippen molar-refractivity contribution in [2.24, 2.45) is 17.3 Å². The highest BCUT2D eigenvalue weighted by Crippen LogP contribution is 2.59. The van der Waals surface area contributed by atoms with Gasteiger partial charge in [-0.25, -0.2) is 0 Å². The van der Waals surface area contributed by atoms with E-state index in [1.54, 1.807) is 11.8 Å². The number of para-hydroxylation sites is 1. The fourth-order valence-corrected chi connectivity index (χ4v) is 4.48. The zero-order valence-corrected chi connectivity index (χ0v) is 18.5. The predicted octanol–water partition coefficient (Wildman–Crippen LogP) is 7.10. The summed E-state index contributed by atoms with van der Waals surface area (Å²) >= 11 is 1.67. The summed E-state index contributed by atoms with van der Waals surface area (Å²) in [4.78, 5) is 13.9. The van der Waals surface area contributed by atoms with Crippen LogP contribution in [0.3, 0.4) is 0 Å². The van der Waals surface area contributed by atoms with Crippen LogP contribution in [0.2, 0.25) is 0 Å². The van der Waals surface area contributed by atoms with Crippen LogP contribution >= 0.6 is 11.8 Å². The Morgan fingerprint density at radius 2 is 1.61 bits per heavy atom. The normalized spacial score (nSPS) is 19.2. The Balaban J connectivity index is 1.31. The molecule has 3 aromatic rings. The molecule has 3 nitrogen and oxygen atoms in total. The molecule has 2 atom stereocenters. The van der Waals surface area contributed by atoms with Crippen molar-refractivity contribution < 1.29 is 14.3 Å². The van der Waals surface area contributed by atoms with E-state index < -0.39 is 0 Å². The summed E-state index contributed by atoms with van der Waals surface area (Å²) in [7, 11) is 0. The van der Waals surface area contributed by atoms with Crippen molar-refractivity contribution in [1.82, 2.24) is 0 Å². The number of esters is 1. The average Bonchev–Trinajstić information content (AvgIpc) is 3.34. The summed E-state index contributed by atoms with van der Waals surface area (Å²) in [6.07, 6.45) is 2.14. The fraction of sp³-hybridized carbons (Fsp3) is 0.222. The molecule has 1 aliphatic carbocycles. The van der Waals surface area contributed by atoms with E-state index in [-0.39, 0.29) is 29.8 Å². The van der Waals surface area contributed by atoms with Gasteiger partial charge < -0.3 is 9.47 Å². The second kappa shape index (κ2) is 9.44. The SMILES string of the molecule is CC1(C)[C@H](C(=O)OCc2cccc(Oc3ccccc3)c2)[C@@H]1C=CSc1ccccc1. The van der Waals surface area contributed by atoms with Crippen molar-refractivity contribution in [3.63, 3.8) is 0 Å². The number of carbonyl (C=O) groups is 1. The van der Waals surface area contributed by atoms with Crippen LogP contribution in [0.15, 0.2) is 101 Å². The standard InChI is InChI=1S/C27H26O3S/c1-27(2)24(16-17-31-23-14-7-4-8-15-23)25(27)26(28)29-19-20-10-9-13-22(18-20)30-21-11-5-3-6-12-21/h3-18,24-25H,19H2,1-2H3/t24-,25-/m0/s1. The summed E-state index contributed by atoms with van der Waals surface area (Å²) in [5.74, 6) is 1.45. The monoisotopic (exact) mass is 430 g/mol. The van der Waals surface area contributed by atoms with Crippen LogP contribution in [0.1, 0.15) is 19.4 Å². The molecule has 1 aliphatic rings. The maximum Gasteiger partial charge on any atom is 0.310 e. The summed E-state index contributed by atoms with van der Waals surface area (Å²) < 4.78 is 11.5. The predicted molar refractivity (Wildman–Crippen MR) is 125 cm³/mol. The highest BCUT2D eigenvalue weighted by molar-refractivity contribution is 8.02. The van der Waals surface area contributed by atoms with Crippen LogP contribution < -0.4 is 4.74 Å². The number of ether oxygens (including phenoxy) is 2. The van der Waals surface area contributed by atoms with E-state index in [9.17, 15) is 4.79 Å². The van der Waals surface area contributed by atoms with Gasteiger partial charge in [0.05, 0.1) is 5.92 Å². The third-order valence-corrected chi connectivity index (χ3v) is 6.49. The van der Waals surface area contributed by atoms with Gasteiger partial charge in [0.15, 0.2) is 0 Å². The fourth-order valence-electron chi connectivity index (χ4n) is 3.76. The number of thioether (sulfide) groups is 1. The Kier molecular flexibility index (Phi) is 6.47. The van der Waals surface area contributed by atoms with E-state index in [1.165, 1.54) is 4.90 Å². The van der Waals surface area contributed by atoms with Gasteiger partial charge in [-0.1, -0.05) is 80.2 Å². The van der Waals surface area contributed by atoms with Crippen molar-refractivity contribution in [3.8, 4) is 11.5 Å². The number of benzene rings is 3. The summed E-state index contributed by atoms with van der Waals surface area (Å²) in [5.41, 5.74) is 0.829. The van der Waals surface area contributed by atoms with Crippen LogP contribution in [0, 0.1) is 17.3 Å². The van der Waals surface area contributed by atoms with Crippen LogP contribution in [0.25, 0.3) is 0 Å². The van der Waals surface area contributed by atoms with Gasteiger partial charge in [0.2, 0.25) is 0 Å². The lowest BCUT2D eigenvalue weighted by atomic mass is 10.1. The topological polar surface area (TPSA) is 35.5 Å². The Morgan fingerprint density at radius 1 is 0.935 bits per heavy atom. The molecule has 0 bridgehead atoms. The molecule has 0 aromatic heterocycles. The van der Waals surface area contributed by atoms with E-state index in [0.717, 1.165) is 17.1 Å². The molecule has 0 aliphatic heterocycles. The maximum atomic E-state index is 12.7. The number of hydrogen-bond acceptors (Lipinski definition) is 4. The first-order valence-electron chi connectivity index (χ1n) is 10.4. The molecule has 0 heterocycles. The van der Waals surface area contributed by atoms with Crippen molar-refractivity contribution in [3.05, 3.63) is 102 Å². The van der Waals surface area contributed by atoms with Gasteiger partial charge in [0.1, 0.15) is 18.1 Å². The van der Waals surface area contributed by atoms with Gasteiger partial charge in [-0.05, 0) is 58.7 Å². The molecule has 0 unspecified atom stereocenters. The molecule has 0 radical (unpaired) electrons. The molecule has 1 saturated carbocycles. The van der Waals surface area contributed by atoms with Gasteiger partial charge >= 0.3 is 5.97 Å². The minimum absolute atomic E-state index is 0.0803. The highest BCUT2D eigenvalue weighted by atomic mass is 32.2. The van der Waals surface area contributed by atoms with Gasteiger partial charge in [-0.3, -0.25) is 4.79 Å². The first-order valence-corrected chi connectivity index (χ1v) is 11.3. The third-order valence-electron chi connectivity index (χ3n) is 5.66. The largest absolute Gasteiger partial charge is 0.461 e. The smallest absolute Gasteiger partial charge is 0.310 e. The van der Waals surface area contributed by atoms with Gasteiger partial charge in [-0.2, -0.15) is 0 Å². The van der Waals surface area contributed by atoms with Crippen LogP contribution in [-0.2, 0) is 16.1 Å². The van der Waals surface area contributed by atoms with E-state index in [4.69, 9.17) is 9.47 Å². The molecule has 31 heavy (non-hydrogen) atoms. The number of carbonyl (C=O) groups excluding carboxylic acids is 1. The zero-order valence-electron chi connectivity index (χ0n) is 17.7. The lowest BCUT2D eigenvalue weighted by Crippen LogP contribution is -2.10. The Labute approximate surface area is 188 Å². The number of hydrogen-bond donors (Lipinski definition) is 0. The lowest BCUT2D eigenvalue weighted by Gasteiger charge is -2.09. The highest BCUT2D eigenvalue weighted by Gasteiger charge is 2.61. The molecule has 158 valence electrons. The maximum absolute atomic E-state index is 12.7. The quantitative estimate of drug-likeness (QED) is 0.282. The Bertz CT molecular complexity index is 1040. The molecule has 4 heteroatoms. The van der Waals surface area contributed by atoms with Crippen molar-refractivity contribution >= 4 is 17.7 Å². The molecule has 1 fully saturated rings. The van der Waals surface area contributed by atoms with Gasteiger partial charge in [0, 0.05) is 4.90 Å². The van der Waals surface area contributed by atoms with Crippen LogP contribution in [-0.4, -0.2) is 5.97 Å². The van der Waals surface area contributed by atoms with Gasteiger partial charge in [0.25, 0.3) is 0 Å². The molecular formula is C27H26O3S. The van der Waals surface area contributed by atoms with Crippen molar-refractivity contribution in [1.29, 1.82) is 0 Å². The van der Waals surface area contributed by atoms with E-state index in [2.05, 4.69) is 37.5 Å². The molecule has 4 rings (SSSR count). The van der Waals surface area contributed by atoms with Gasteiger partial charge in [-0.15, -0.1) is 0 Å². The zero-order chi connectivity index (χ0) is 21.7. The summed E-state index contributed by atoms with van der Waals surface area (Å²) in [6, 6.07) is 27.5. The lowest BCUT2D eigenvalue weighted by molar-refractivity contribution is -0.147. The minimum Gasteiger partial charge on any atom is -0.461 e. The molecule has 0 spiro atoms. The summed E-state index contributed by atoms with van der Waals surface area (Å²) in [6.45, 7) is 4.48. The first kappa shape index (κ1) is 21.3. The van der Waals surface area contributed by atoms with Crippen molar-refractivity contribution in [2.75, 3.05) is 0 Å². The first-order chi connectivity index (χ1) is 15.0.